The number of hydrogen-bond donors (Lipinski definition) is 0. The SMILES string of the molecule is Cc1ccc2c(=O)n(C)c3cc(-c4ccc(F)cc4)ccc3c2n1. The van der Waals surface area contributed by atoms with Crippen molar-refractivity contribution in [2.75, 3.05) is 0 Å². The van der Waals surface area contributed by atoms with E-state index in [1.54, 1.807) is 23.7 Å². The van der Waals surface area contributed by atoms with Crippen LogP contribution in [0.4, 0.5) is 4.39 Å². The van der Waals surface area contributed by atoms with Crippen molar-refractivity contribution in [1.82, 2.24) is 9.55 Å². The summed E-state index contributed by atoms with van der Waals surface area (Å²) in [6.07, 6.45) is 0. The maximum atomic E-state index is 13.1. The monoisotopic (exact) mass is 318 g/mol. The van der Waals surface area contributed by atoms with Gasteiger partial charge in [-0.05, 0) is 48.4 Å². The third-order valence-corrected chi connectivity index (χ3v) is 4.36. The highest BCUT2D eigenvalue weighted by atomic mass is 19.1. The molecule has 0 aliphatic carbocycles. The van der Waals surface area contributed by atoms with Crippen LogP contribution in [0, 0.1) is 12.7 Å². The maximum Gasteiger partial charge on any atom is 0.260 e. The molecule has 0 aliphatic rings. The Morgan fingerprint density at radius 2 is 1.58 bits per heavy atom. The molecule has 2 aromatic heterocycles. The molecule has 118 valence electrons. The summed E-state index contributed by atoms with van der Waals surface area (Å²) in [5.41, 5.74) is 4.18. The van der Waals surface area contributed by atoms with Gasteiger partial charge in [-0.1, -0.05) is 24.3 Å². The summed E-state index contributed by atoms with van der Waals surface area (Å²) < 4.78 is 14.8. The van der Waals surface area contributed by atoms with Crippen LogP contribution in [-0.4, -0.2) is 9.55 Å². The number of aromatic nitrogens is 2. The Morgan fingerprint density at radius 3 is 2.33 bits per heavy atom. The number of aryl methyl sites for hydroxylation is 2. The van der Waals surface area contributed by atoms with E-state index in [0.29, 0.717) is 5.39 Å². The van der Waals surface area contributed by atoms with Crippen molar-refractivity contribution in [2.45, 2.75) is 6.92 Å². The molecule has 2 heterocycles. The zero-order chi connectivity index (χ0) is 16.8. The van der Waals surface area contributed by atoms with Gasteiger partial charge in [-0.15, -0.1) is 0 Å². The lowest BCUT2D eigenvalue weighted by molar-refractivity contribution is 0.628. The Bertz CT molecular complexity index is 1140. The predicted octanol–water partition coefficient (Wildman–Crippen LogP) is 4.20. The number of benzene rings is 2. The van der Waals surface area contributed by atoms with Gasteiger partial charge >= 0.3 is 0 Å². The molecule has 0 fully saturated rings. The number of fused-ring (bicyclic) bond motifs is 3. The maximum absolute atomic E-state index is 13.1. The standard InChI is InChI=1S/C20H15FN2O/c1-12-3-9-17-19(22-12)16-10-6-14(11-18(16)23(2)20(17)24)13-4-7-15(21)8-5-13/h3-11H,1-2H3. The highest BCUT2D eigenvalue weighted by molar-refractivity contribution is 6.04. The summed E-state index contributed by atoms with van der Waals surface area (Å²) in [6, 6.07) is 15.9. The summed E-state index contributed by atoms with van der Waals surface area (Å²) in [6.45, 7) is 1.91. The van der Waals surface area contributed by atoms with Crippen LogP contribution in [0.3, 0.4) is 0 Å². The second-order valence-corrected chi connectivity index (χ2v) is 5.95. The van der Waals surface area contributed by atoms with Gasteiger partial charge in [0.2, 0.25) is 0 Å². The Kier molecular flexibility index (Phi) is 3.20. The molecule has 0 unspecified atom stereocenters. The molecule has 4 heteroatoms. The van der Waals surface area contributed by atoms with Crippen LogP contribution in [0.2, 0.25) is 0 Å². The second kappa shape index (κ2) is 5.27. The van der Waals surface area contributed by atoms with E-state index in [1.807, 2.05) is 37.3 Å². The molecule has 3 nitrogen and oxygen atoms in total. The fourth-order valence-electron chi connectivity index (χ4n) is 3.06. The smallest absolute Gasteiger partial charge is 0.260 e. The summed E-state index contributed by atoms with van der Waals surface area (Å²) in [5, 5.41) is 1.55. The van der Waals surface area contributed by atoms with Crippen molar-refractivity contribution in [3.63, 3.8) is 0 Å². The molecule has 2 aromatic carbocycles. The second-order valence-electron chi connectivity index (χ2n) is 5.95. The van der Waals surface area contributed by atoms with Crippen LogP contribution in [0.15, 0.2) is 59.4 Å². The van der Waals surface area contributed by atoms with Crippen molar-refractivity contribution in [3.8, 4) is 11.1 Å². The van der Waals surface area contributed by atoms with E-state index in [0.717, 1.165) is 33.2 Å². The van der Waals surface area contributed by atoms with E-state index in [1.165, 1.54) is 12.1 Å². The molecule has 0 N–H and O–H groups in total. The fraction of sp³-hybridized carbons (Fsp3) is 0.100. The van der Waals surface area contributed by atoms with Gasteiger partial charge in [0.15, 0.2) is 0 Å². The number of pyridine rings is 2. The first-order valence-corrected chi connectivity index (χ1v) is 7.70. The fourth-order valence-corrected chi connectivity index (χ4v) is 3.06. The van der Waals surface area contributed by atoms with Crippen molar-refractivity contribution < 1.29 is 4.39 Å². The van der Waals surface area contributed by atoms with Crippen molar-refractivity contribution >= 4 is 21.8 Å². The van der Waals surface area contributed by atoms with Crippen molar-refractivity contribution in [2.24, 2.45) is 7.05 Å². The number of hydrogen-bond acceptors (Lipinski definition) is 2. The van der Waals surface area contributed by atoms with Crippen LogP contribution in [0.25, 0.3) is 32.9 Å². The molecule has 0 atom stereocenters. The lowest BCUT2D eigenvalue weighted by Gasteiger charge is -2.11. The molecule has 0 aliphatic heterocycles. The molecule has 24 heavy (non-hydrogen) atoms. The van der Waals surface area contributed by atoms with E-state index in [-0.39, 0.29) is 11.4 Å². The Morgan fingerprint density at radius 1 is 0.917 bits per heavy atom. The molecule has 0 spiro atoms. The Balaban J connectivity index is 2.07. The highest BCUT2D eigenvalue weighted by Gasteiger charge is 2.11. The molecule has 4 aromatic rings. The Hall–Kier alpha value is -3.01. The minimum atomic E-state index is -0.266. The van der Waals surface area contributed by atoms with E-state index < -0.39 is 0 Å². The number of nitrogens with zero attached hydrogens (tertiary/aromatic N) is 2. The van der Waals surface area contributed by atoms with Crippen molar-refractivity contribution in [1.29, 1.82) is 0 Å². The lowest BCUT2D eigenvalue weighted by Crippen LogP contribution is -2.17. The van der Waals surface area contributed by atoms with Crippen LogP contribution in [0.1, 0.15) is 5.69 Å². The normalized spacial score (nSPS) is 11.3. The quantitative estimate of drug-likeness (QED) is 0.493. The predicted molar refractivity (Wildman–Crippen MR) is 94.6 cm³/mol. The molecular formula is C20H15FN2O. The molecule has 0 amide bonds. The van der Waals surface area contributed by atoms with E-state index in [4.69, 9.17) is 0 Å². The van der Waals surface area contributed by atoms with Crippen molar-refractivity contribution in [3.05, 3.63) is 76.5 Å². The average molecular weight is 318 g/mol. The van der Waals surface area contributed by atoms with Crippen LogP contribution >= 0.6 is 0 Å². The van der Waals surface area contributed by atoms with Gasteiger partial charge in [0, 0.05) is 18.1 Å². The molecular weight excluding hydrogens is 303 g/mol. The van der Waals surface area contributed by atoms with Crippen LogP contribution < -0.4 is 5.56 Å². The molecule has 4 rings (SSSR count). The van der Waals surface area contributed by atoms with Gasteiger partial charge in [-0.2, -0.15) is 0 Å². The summed E-state index contributed by atoms with van der Waals surface area (Å²) in [5.74, 6) is -0.266. The average Bonchev–Trinajstić information content (AvgIpc) is 2.60. The first-order valence-electron chi connectivity index (χ1n) is 7.70. The zero-order valence-electron chi connectivity index (χ0n) is 13.4. The molecule has 0 radical (unpaired) electrons. The summed E-state index contributed by atoms with van der Waals surface area (Å²) in [4.78, 5) is 17.2. The summed E-state index contributed by atoms with van der Waals surface area (Å²) in [7, 11) is 1.76. The topological polar surface area (TPSA) is 34.9 Å². The zero-order valence-corrected chi connectivity index (χ0v) is 13.4. The largest absolute Gasteiger partial charge is 0.311 e. The van der Waals surface area contributed by atoms with Gasteiger partial charge in [0.25, 0.3) is 5.56 Å². The van der Waals surface area contributed by atoms with Gasteiger partial charge in [0.1, 0.15) is 5.82 Å². The van der Waals surface area contributed by atoms with Crippen LogP contribution in [0.5, 0.6) is 0 Å². The molecule has 0 saturated carbocycles. The minimum Gasteiger partial charge on any atom is -0.311 e. The van der Waals surface area contributed by atoms with E-state index in [2.05, 4.69) is 4.98 Å². The molecule has 0 saturated heterocycles. The third-order valence-electron chi connectivity index (χ3n) is 4.36. The highest BCUT2D eigenvalue weighted by Crippen LogP contribution is 2.27. The van der Waals surface area contributed by atoms with E-state index >= 15 is 0 Å². The van der Waals surface area contributed by atoms with Gasteiger partial charge in [-0.3, -0.25) is 9.78 Å². The third kappa shape index (κ3) is 2.19. The lowest BCUT2D eigenvalue weighted by atomic mass is 10.0. The van der Waals surface area contributed by atoms with E-state index in [9.17, 15) is 9.18 Å². The first kappa shape index (κ1) is 14.6. The number of halogens is 1. The number of rotatable bonds is 1. The van der Waals surface area contributed by atoms with Gasteiger partial charge in [0.05, 0.1) is 16.4 Å². The van der Waals surface area contributed by atoms with Crippen LogP contribution in [-0.2, 0) is 7.05 Å². The molecule has 0 bridgehead atoms. The summed E-state index contributed by atoms with van der Waals surface area (Å²) >= 11 is 0. The van der Waals surface area contributed by atoms with Gasteiger partial charge < -0.3 is 4.57 Å². The van der Waals surface area contributed by atoms with Gasteiger partial charge in [-0.25, -0.2) is 4.39 Å². The Labute approximate surface area is 138 Å². The first-order chi connectivity index (χ1) is 11.5. The minimum absolute atomic E-state index is 0.0683.